The van der Waals surface area contributed by atoms with Crippen LogP contribution in [-0.4, -0.2) is 118 Å². The normalized spacial score (nSPS) is 33.7. The van der Waals surface area contributed by atoms with Crippen LogP contribution in [0.25, 0.3) is 0 Å². The lowest BCUT2D eigenvalue weighted by Gasteiger charge is -2.45. The number of hydroxylamine groups is 1. The van der Waals surface area contributed by atoms with Gasteiger partial charge in [-0.25, -0.2) is 5.48 Å². The molecule has 38 heavy (non-hydrogen) atoms. The topological polar surface area (TPSA) is 201 Å². The van der Waals surface area contributed by atoms with Crippen LogP contribution in [0.4, 0.5) is 0 Å². The van der Waals surface area contributed by atoms with Crippen molar-refractivity contribution >= 4 is 5.91 Å². The number of hydrogen-bond donors (Lipinski definition) is 7. The summed E-state index contributed by atoms with van der Waals surface area (Å²) in [6, 6.07) is 1.13. The summed E-state index contributed by atoms with van der Waals surface area (Å²) < 4.78 is 23.0. The number of aliphatic hydroxyl groups excluding tert-OH is 5. The van der Waals surface area contributed by atoms with E-state index in [2.05, 4.69) is 15.8 Å². The molecule has 0 aliphatic carbocycles. The number of pyridine rings is 1. The van der Waals surface area contributed by atoms with Crippen molar-refractivity contribution < 1.29 is 54.1 Å². The van der Waals surface area contributed by atoms with Gasteiger partial charge >= 0.3 is 0 Å². The fraction of sp³-hybridized carbons (Fsp3) is 0.750. The monoisotopic (exact) mass is 545 g/mol. The van der Waals surface area contributed by atoms with Gasteiger partial charge in [0.25, 0.3) is 0 Å². The van der Waals surface area contributed by atoms with Crippen LogP contribution in [0.5, 0.6) is 0 Å². The molecule has 7 N–H and O–H groups in total. The summed E-state index contributed by atoms with van der Waals surface area (Å²) in [7, 11) is 0. The summed E-state index contributed by atoms with van der Waals surface area (Å²) in [6.45, 7) is 3.32. The average Bonchev–Trinajstić information content (AvgIpc) is 2.89. The summed E-state index contributed by atoms with van der Waals surface area (Å²) in [4.78, 5) is 21.5. The highest BCUT2D eigenvalue weighted by Crippen LogP contribution is 2.29. The maximum absolute atomic E-state index is 11.9. The van der Waals surface area contributed by atoms with Gasteiger partial charge in [-0.05, 0) is 24.5 Å². The first-order valence-corrected chi connectivity index (χ1v) is 12.6. The van der Waals surface area contributed by atoms with E-state index in [1.54, 1.807) is 12.4 Å². The summed E-state index contributed by atoms with van der Waals surface area (Å²) in [5, 5.41) is 52.4. The van der Waals surface area contributed by atoms with Gasteiger partial charge in [0, 0.05) is 32.3 Å². The predicted molar refractivity (Wildman–Crippen MR) is 129 cm³/mol. The highest BCUT2D eigenvalue weighted by Gasteiger charge is 2.48. The molecule has 14 heteroatoms. The lowest BCUT2D eigenvalue weighted by molar-refractivity contribution is -0.330. The van der Waals surface area contributed by atoms with Crippen LogP contribution < -0.4 is 10.8 Å². The molecule has 0 bridgehead atoms. The van der Waals surface area contributed by atoms with Crippen LogP contribution >= 0.6 is 0 Å². The number of carbonyl (C=O) groups is 1. The number of nitrogens with zero attached hydrogens (tertiary/aromatic N) is 1. The minimum absolute atomic E-state index is 0.111. The number of aliphatic hydroxyl groups is 5. The minimum Gasteiger partial charge on any atom is -0.394 e. The minimum atomic E-state index is -1.62. The Hall–Kier alpha value is -1.82. The molecule has 0 radical (unpaired) electrons. The number of aromatic nitrogens is 1. The number of amides is 1. The van der Waals surface area contributed by atoms with Crippen LogP contribution in [0.15, 0.2) is 18.5 Å². The van der Waals surface area contributed by atoms with Gasteiger partial charge < -0.3 is 49.8 Å². The van der Waals surface area contributed by atoms with Crippen LogP contribution in [0.1, 0.15) is 30.9 Å². The highest BCUT2D eigenvalue weighted by atomic mass is 16.7. The first-order valence-electron chi connectivity index (χ1n) is 12.6. The third-order valence-electron chi connectivity index (χ3n) is 6.22. The van der Waals surface area contributed by atoms with E-state index in [1.807, 2.05) is 13.0 Å². The zero-order valence-electron chi connectivity index (χ0n) is 21.5. The fourth-order valence-corrected chi connectivity index (χ4v) is 4.31. The maximum Gasteiger partial charge on any atom is 0.217 e. The smallest absolute Gasteiger partial charge is 0.217 e. The van der Waals surface area contributed by atoms with Gasteiger partial charge in [0.1, 0.15) is 30.5 Å². The molecule has 1 amide bonds. The van der Waals surface area contributed by atoms with E-state index in [4.69, 9.17) is 23.8 Å². The number of rotatable bonds is 13. The van der Waals surface area contributed by atoms with Gasteiger partial charge in [-0.3, -0.25) is 14.6 Å². The molecule has 3 heterocycles. The van der Waals surface area contributed by atoms with E-state index in [9.17, 15) is 30.3 Å². The summed E-state index contributed by atoms with van der Waals surface area (Å²) in [5.41, 5.74) is 4.82. The number of carbonyl (C=O) groups excluding carboxylic acids is 1. The molecule has 216 valence electrons. The third-order valence-corrected chi connectivity index (χ3v) is 6.22. The Labute approximate surface area is 220 Å². The van der Waals surface area contributed by atoms with Gasteiger partial charge in [-0.2, -0.15) is 0 Å². The zero-order valence-corrected chi connectivity index (χ0v) is 21.5. The molecule has 1 aromatic rings. The first kappa shape index (κ1) is 30.7. The summed E-state index contributed by atoms with van der Waals surface area (Å²) in [6.07, 6.45) is -5.81. The van der Waals surface area contributed by atoms with Crippen molar-refractivity contribution in [3.8, 4) is 0 Å². The second-order valence-corrected chi connectivity index (χ2v) is 9.42. The summed E-state index contributed by atoms with van der Waals surface area (Å²) >= 11 is 0. The zero-order chi connectivity index (χ0) is 27.7. The van der Waals surface area contributed by atoms with Crippen LogP contribution in [0.2, 0.25) is 0 Å². The molecule has 2 aliphatic heterocycles. The van der Waals surface area contributed by atoms with E-state index in [-0.39, 0.29) is 19.6 Å². The molecule has 2 aliphatic rings. The van der Waals surface area contributed by atoms with Crippen molar-refractivity contribution in [2.24, 2.45) is 0 Å². The molecule has 0 saturated carbocycles. The Bertz CT molecular complexity index is 864. The molecule has 1 aromatic heterocycles. The van der Waals surface area contributed by atoms with E-state index in [0.717, 1.165) is 11.1 Å². The molecule has 0 spiro atoms. The van der Waals surface area contributed by atoms with Gasteiger partial charge in [-0.1, -0.05) is 6.07 Å². The standard InChI is InChI=1S/C24H39N3O11/c1-13-6-15(9-25-8-13)12-35-26-4-3-5-34-23-19(27-14(2)30)17(7-16(10-28)36-23)37-24-22(33)21(32)20(31)18(11-29)38-24/h6,8-9,16-24,26,28-29,31-33H,3-5,7,10-12H2,1-2H3,(H,27,30)/t16?,17-,18?,19?,20+,21-,22?,23-,24-/m1/s1. The van der Waals surface area contributed by atoms with Gasteiger partial charge in [0.15, 0.2) is 12.6 Å². The molecule has 0 aromatic carbocycles. The average molecular weight is 546 g/mol. The van der Waals surface area contributed by atoms with Crippen LogP contribution in [-0.2, 0) is 35.2 Å². The van der Waals surface area contributed by atoms with Crippen molar-refractivity contribution in [2.45, 2.75) is 88.5 Å². The van der Waals surface area contributed by atoms with E-state index in [1.165, 1.54) is 6.92 Å². The molecular formula is C24H39N3O11. The molecule has 2 fully saturated rings. The molecule has 9 atom stereocenters. The van der Waals surface area contributed by atoms with Gasteiger partial charge in [-0.15, -0.1) is 0 Å². The Morgan fingerprint density at radius 3 is 2.58 bits per heavy atom. The molecule has 3 rings (SSSR count). The largest absolute Gasteiger partial charge is 0.394 e. The second-order valence-electron chi connectivity index (χ2n) is 9.42. The van der Waals surface area contributed by atoms with Crippen molar-refractivity contribution in [3.05, 3.63) is 29.6 Å². The number of nitrogens with one attached hydrogen (secondary N) is 2. The van der Waals surface area contributed by atoms with E-state index < -0.39 is 67.8 Å². The van der Waals surface area contributed by atoms with Crippen molar-refractivity contribution in [3.63, 3.8) is 0 Å². The van der Waals surface area contributed by atoms with Crippen molar-refractivity contribution in [2.75, 3.05) is 26.4 Å². The van der Waals surface area contributed by atoms with E-state index in [0.29, 0.717) is 19.6 Å². The summed E-state index contributed by atoms with van der Waals surface area (Å²) in [5.74, 6) is -0.391. The lowest BCUT2D eigenvalue weighted by atomic mass is 9.97. The van der Waals surface area contributed by atoms with E-state index >= 15 is 0 Å². The number of ether oxygens (including phenoxy) is 4. The number of hydrogen-bond acceptors (Lipinski definition) is 13. The van der Waals surface area contributed by atoms with Crippen LogP contribution in [0.3, 0.4) is 0 Å². The SMILES string of the molecule is CC(=O)NC1[C@H](OCCCNOCc2cncc(C)c2)OC(CO)C[C@H]1O[C@@H]1OC(CO)[C@H](O)[C@@H](O)C1O. The third kappa shape index (κ3) is 8.59. The second kappa shape index (κ2) is 15.1. The first-order chi connectivity index (χ1) is 18.2. The Balaban J connectivity index is 1.54. The molecule has 2 saturated heterocycles. The molecule has 4 unspecified atom stereocenters. The Kier molecular flexibility index (Phi) is 12.2. The molecule has 14 nitrogen and oxygen atoms in total. The van der Waals surface area contributed by atoms with Gasteiger partial charge in [0.05, 0.1) is 38.6 Å². The number of aryl methyl sites for hydroxylation is 1. The van der Waals surface area contributed by atoms with Crippen LogP contribution in [0, 0.1) is 6.92 Å². The quantitative estimate of drug-likeness (QED) is 0.102. The Morgan fingerprint density at radius 1 is 1.11 bits per heavy atom. The highest BCUT2D eigenvalue weighted by molar-refractivity contribution is 5.73. The van der Waals surface area contributed by atoms with Crippen molar-refractivity contribution in [1.29, 1.82) is 0 Å². The molecular weight excluding hydrogens is 506 g/mol. The predicted octanol–water partition coefficient (Wildman–Crippen LogP) is -2.38. The van der Waals surface area contributed by atoms with Gasteiger partial charge in [0.2, 0.25) is 5.91 Å². The maximum atomic E-state index is 11.9. The lowest BCUT2D eigenvalue weighted by Crippen LogP contribution is -2.63. The fourth-order valence-electron chi connectivity index (χ4n) is 4.31. The Morgan fingerprint density at radius 2 is 1.89 bits per heavy atom. The van der Waals surface area contributed by atoms with Crippen molar-refractivity contribution in [1.82, 2.24) is 15.8 Å².